The Kier molecular flexibility index (Phi) is 3.72. The highest BCUT2D eigenvalue weighted by Crippen LogP contribution is 2.32. The number of nitrogens with one attached hydrogen (secondary N) is 1. The van der Waals surface area contributed by atoms with E-state index in [9.17, 15) is 9.18 Å². The van der Waals surface area contributed by atoms with Gasteiger partial charge in [-0.3, -0.25) is 4.79 Å². The van der Waals surface area contributed by atoms with Gasteiger partial charge in [-0.2, -0.15) is 5.26 Å². The van der Waals surface area contributed by atoms with E-state index < -0.39 is 11.7 Å². The van der Waals surface area contributed by atoms with Gasteiger partial charge in [0.1, 0.15) is 16.9 Å². The van der Waals surface area contributed by atoms with Crippen LogP contribution in [0.3, 0.4) is 0 Å². The van der Waals surface area contributed by atoms with Gasteiger partial charge in [0.25, 0.3) is 5.91 Å². The first-order chi connectivity index (χ1) is 9.43. The number of nitrogens with two attached hydrogens (primary N) is 1. The van der Waals surface area contributed by atoms with Crippen molar-refractivity contribution in [1.82, 2.24) is 0 Å². The van der Waals surface area contributed by atoms with Crippen LogP contribution in [0, 0.1) is 31.0 Å². The molecule has 0 fully saturated rings. The van der Waals surface area contributed by atoms with Crippen LogP contribution >= 0.6 is 11.3 Å². The first-order valence-electron chi connectivity index (χ1n) is 5.80. The van der Waals surface area contributed by atoms with E-state index in [0.29, 0.717) is 10.6 Å². The lowest BCUT2D eigenvalue weighted by Crippen LogP contribution is -2.14. The third-order valence-electron chi connectivity index (χ3n) is 2.98. The number of aryl methyl sites for hydroxylation is 1. The Labute approximate surface area is 119 Å². The summed E-state index contributed by atoms with van der Waals surface area (Å²) in [5, 5.41) is 12.3. The van der Waals surface area contributed by atoms with Gasteiger partial charge in [-0.05, 0) is 37.6 Å². The fourth-order valence-corrected chi connectivity index (χ4v) is 2.77. The number of anilines is 2. The number of amides is 1. The zero-order valence-electron chi connectivity index (χ0n) is 11.0. The standard InChI is InChI=1S/C14H12FN3OS/c1-7-8(2)20-14(11(7)6-16)18-13(19)10-4-3-9(15)5-12(10)17/h3-5H,17H2,1-2H3,(H,18,19). The fourth-order valence-electron chi connectivity index (χ4n) is 1.76. The summed E-state index contributed by atoms with van der Waals surface area (Å²) in [7, 11) is 0. The van der Waals surface area contributed by atoms with E-state index in [1.165, 1.54) is 23.5 Å². The summed E-state index contributed by atoms with van der Waals surface area (Å²) in [4.78, 5) is 13.1. The van der Waals surface area contributed by atoms with Crippen molar-refractivity contribution in [3.8, 4) is 6.07 Å². The molecule has 0 bridgehead atoms. The molecule has 0 saturated carbocycles. The topological polar surface area (TPSA) is 78.9 Å². The number of nitrogen functional groups attached to an aromatic ring is 1. The summed E-state index contributed by atoms with van der Waals surface area (Å²) < 4.78 is 13.0. The van der Waals surface area contributed by atoms with Crippen LogP contribution < -0.4 is 11.1 Å². The van der Waals surface area contributed by atoms with E-state index in [2.05, 4.69) is 11.4 Å². The van der Waals surface area contributed by atoms with Gasteiger partial charge in [-0.1, -0.05) is 0 Å². The summed E-state index contributed by atoms with van der Waals surface area (Å²) in [5.41, 5.74) is 7.15. The zero-order valence-corrected chi connectivity index (χ0v) is 11.8. The van der Waals surface area contributed by atoms with Crippen LogP contribution in [0.25, 0.3) is 0 Å². The van der Waals surface area contributed by atoms with Crippen molar-refractivity contribution in [2.24, 2.45) is 0 Å². The number of nitrogens with zero attached hydrogens (tertiary/aromatic N) is 1. The predicted octanol–water partition coefficient (Wildman–Crippen LogP) is 3.21. The lowest BCUT2D eigenvalue weighted by molar-refractivity contribution is 0.102. The number of hydrogen-bond acceptors (Lipinski definition) is 4. The van der Waals surface area contributed by atoms with Gasteiger partial charge < -0.3 is 11.1 Å². The Morgan fingerprint density at radius 1 is 1.45 bits per heavy atom. The predicted molar refractivity (Wildman–Crippen MR) is 77.3 cm³/mol. The molecule has 1 heterocycles. The highest BCUT2D eigenvalue weighted by atomic mass is 32.1. The van der Waals surface area contributed by atoms with E-state index in [1.807, 2.05) is 13.8 Å². The normalized spacial score (nSPS) is 10.1. The Hall–Kier alpha value is -2.39. The van der Waals surface area contributed by atoms with Crippen LogP contribution in [0.2, 0.25) is 0 Å². The van der Waals surface area contributed by atoms with Crippen molar-refractivity contribution in [3.05, 3.63) is 45.6 Å². The molecule has 2 aromatic rings. The molecular formula is C14H12FN3OS. The molecular weight excluding hydrogens is 277 g/mol. The minimum atomic E-state index is -0.500. The molecule has 0 radical (unpaired) electrons. The molecule has 0 aliphatic heterocycles. The maximum atomic E-state index is 13.0. The average Bonchev–Trinajstić information content (AvgIpc) is 2.64. The lowest BCUT2D eigenvalue weighted by atomic mass is 10.1. The van der Waals surface area contributed by atoms with Gasteiger partial charge in [0.05, 0.1) is 11.1 Å². The van der Waals surface area contributed by atoms with Gasteiger partial charge in [0, 0.05) is 10.6 Å². The molecule has 4 nitrogen and oxygen atoms in total. The molecule has 1 aromatic carbocycles. The van der Waals surface area contributed by atoms with Crippen molar-refractivity contribution in [3.63, 3.8) is 0 Å². The van der Waals surface area contributed by atoms with Crippen LogP contribution in [0.4, 0.5) is 15.1 Å². The molecule has 2 rings (SSSR count). The van der Waals surface area contributed by atoms with Crippen LogP contribution in [-0.4, -0.2) is 5.91 Å². The maximum Gasteiger partial charge on any atom is 0.258 e. The lowest BCUT2D eigenvalue weighted by Gasteiger charge is -2.06. The molecule has 3 N–H and O–H groups in total. The van der Waals surface area contributed by atoms with E-state index >= 15 is 0 Å². The number of thiophene rings is 1. The average molecular weight is 289 g/mol. The van der Waals surface area contributed by atoms with Crippen LogP contribution in [0.15, 0.2) is 18.2 Å². The monoisotopic (exact) mass is 289 g/mol. The second kappa shape index (κ2) is 5.31. The molecule has 20 heavy (non-hydrogen) atoms. The molecule has 1 aromatic heterocycles. The van der Waals surface area contributed by atoms with Gasteiger partial charge in [-0.25, -0.2) is 4.39 Å². The number of nitriles is 1. The molecule has 0 aliphatic rings. The number of benzene rings is 1. The SMILES string of the molecule is Cc1sc(NC(=O)c2ccc(F)cc2N)c(C#N)c1C. The maximum absolute atomic E-state index is 13.0. The number of hydrogen-bond donors (Lipinski definition) is 2. The van der Waals surface area contributed by atoms with Crippen LogP contribution in [0.1, 0.15) is 26.4 Å². The van der Waals surface area contributed by atoms with Crippen LogP contribution in [-0.2, 0) is 0 Å². The number of halogens is 1. The highest BCUT2D eigenvalue weighted by Gasteiger charge is 2.17. The Balaban J connectivity index is 2.33. The summed E-state index contributed by atoms with van der Waals surface area (Å²) in [6.07, 6.45) is 0. The third kappa shape index (κ3) is 2.49. The molecule has 1 amide bonds. The summed E-state index contributed by atoms with van der Waals surface area (Å²) in [6, 6.07) is 5.64. The number of carbonyl (C=O) groups excluding carboxylic acids is 1. The second-order valence-electron chi connectivity index (χ2n) is 4.28. The smallest absolute Gasteiger partial charge is 0.258 e. The molecule has 0 saturated heterocycles. The molecule has 102 valence electrons. The minimum absolute atomic E-state index is 0.0611. The van der Waals surface area contributed by atoms with Crippen LogP contribution in [0.5, 0.6) is 0 Å². The van der Waals surface area contributed by atoms with Crippen molar-refractivity contribution in [2.75, 3.05) is 11.1 Å². The Bertz CT molecular complexity index is 731. The van der Waals surface area contributed by atoms with Gasteiger partial charge in [0.2, 0.25) is 0 Å². The van der Waals surface area contributed by atoms with E-state index in [-0.39, 0.29) is 11.3 Å². The molecule has 6 heteroatoms. The van der Waals surface area contributed by atoms with Crippen molar-refractivity contribution in [1.29, 1.82) is 5.26 Å². The number of carbonyl (C=O) groups is 1. The van der Waals surface area contributed by atoms with Crippen molar-refractivity contribution >= 4 is 27.9 Å². The quantitative estimate of drug-likeness (QED) is 0.833. The van der Waals surface area contributed by atoms with Gasteiger partial charge in [-0.15, -0.1) is 11.3 Å². The summed E-state index contributed by atoms with van der Waals surface area (Å²) in [6.45, 7) is 3.70. The first kappa shape index (κ1) is 14.0. The van der Waals surface area contributed by atoms with E-state index in [4.69, 9.17) is 11.0 Å². The second-order valence-corrected chi connectivity index (χ2v) is 5.51. The molecule has 0 aliphatic carbocycles. The largest absolute Gasteiger partial charge is 0.398 e. The van der Waals surface area contributed by atoms with Crippen molar-refractivity contribution < 1.29 is 9.18 Å². The Morgan fingerprint density at radius 3 is 2.75 bits per heavy atom. The first-order valence-corrected chi connectivity index (χ1v) is 6.62. The van der Waals surface area contributed by atoms with Gasteiger partial charge in [0.15, 0.2) is 0 Å². The third-order valence-corrected chi connectivity index (χ3v) is 4.11. The van der Waals surface area contributed by atoms with Gasteiger partial charge >= 0.3 is 0 Å². The van der Waals surface area contributed by atoms with E-state index in [1.54, 1.807) is 0 Å². The highest BCUT2D eigenvalue weighted by molar-refractivity contribution is 7.16. The summed E-state index contributed by atoms with van der Waals surface area (Å²) in [5.74, 6) is -0.958. The zero-order chi connectivity index (χ0) is 14.9. The Morgan fingerprint density at radius 2 is 2.15 bits per heavy atom. The number of rotatable bonds is 2. The molecule has 0 unspecified atom stereocenters. The van der Waals surface area contributed by atoms with Crippen molar-refractivity contribution in [2.45, 2.75) is 13.8 Å². The fraction of sp³-hybridized carbons (Fsp3) is 0.143. The molecule has 0 spiro atoms. The minimum Gasteiger partial charge on any atom is -0.398 e. The summed E-state index contributed by atoms with van der Waals surface area (Å²) >= 11 is 1.33. The molecule has 0 atom stereocenters. The van der Waals surface area contributed by atoms with E-state index in [0.717, 1.165) is 16.5 Å².